The van der Waals surface area contributed by atoms with E-state index in [0.717, 1.165) is 0 Å². The van der Waals surface area contributed by atoms with Crippen LogP contribution in [0.15, 0.2) is 12.2 Å². The van der Waals surface area contributed by atoms with Crippen LogP contribution in [-0.2, 0) is 4.79 Å². The molecule has 0 aromatic carbocycles. The third-order valence-corrected chi connectivity index (χ3v) is 1.64. The minimum absolute atomic E-state index is 0.233. The fourth-order valence-corrected chi connectivity index (χ4v) is 0.993. The van der Waals surface area contributed by atoms with Gasteiger partial charge in [-0.05, 0) is 6.08 Å². The summed E-state index contributed by atoms with van der Waals surface area (Å²) in [5.41, 5.74) is 0. The zero-order valence-electron chi connectivity index (χ0n) is 5.93. The van der Waals surface area contributed by atoms with Crippen molar-refractivity contribution < 1.29 is 14.7 Å². The summed E-state index contributed by atoms with van der Waals surface area (Å²) in [6.45, 7) is 1.03. The molecule has 4 nitrogen and oxygen atoms in total. The van der Waals surface area contributed by atoms with E-state index in [2.05, 4.69) is 0 Å². The van der Waals surface area contributed by atoms with Gasteiger partial charge in [-0.15, -0.1) is 0 Å². The molecule has 1 aliphatic rings. The molecule has 1 N–H and O–H groups in total. The number of rotatable bonds is 2. The summed E-state index contributed by atoms with van der Waals surface area (Å²) in [5.74, 6) is 0.233. The minimum Gasteiger partial charge on any atom is -0.465 e. The van der Waals surface area contributed by atoms with Gasteiger partial charge in [0, 0.05) is 19.0 Å². The highest BCUT2D eigenvalue weighted by Gasteiger charge is 2.27. The van der Waals surface area contributed by atoms with Gasteiger partial charge < -0.3 is 10.0 Å². The predicted molar refractivity (Wildman–Crippen MR) is 38.3 cm³/mol. The summed E-state index contributed by atoms with van der Waals surface area (Å²) in [6.07, 6.45) is 2.94. The molecule has 11 heavy (non-hydrogen) atoms. The van der Waals surface area contributed by atoms with Crippen molar-refractivity contribution in [2.75, 3.05) is 13.1 Å². The van der Waals surface area contributed by atoms with Crippen molar-refractivity contribution in [2.24, 2.45) is 5.92 Å². The number of allylic oxidation sites excluding steroid dienone is 1. The molecule has 1 amide bonds. The molecular formula is C7H9NO3. The Morgan fingerprint density at radius 3 is 2.64 bits per heavy atom. The molecule has 0 aromatic rings. The van der Waals surface area contributed by atoms with Crippen LogP contribution in [-0.4, -0.2) is 35.5 Å². The van der Waals surface area contributed by atoms with Crippen molar-refractivity contribution >= 4 is 12.4 Å². The van der Waals surface area contributed by atoms with Gasteiger partial charge in [-0.3, -0.25) is 4.79 Å². The Morgan fingerprint density at radius 2 is 2.18 bits per heavy atom. The lowest BCUT2D eigenvalue weighted by Gasteiger charge is -2.34. The number of hydrogen-bond acceptors (Lipinski definition) is 2. The lowest BCUT2D eigenvalue weighted by molar-refractivity contribution is -0.104. The first-order valence-corrected chi connectivity index (χ1v) is 3.34. The van der Waals surface area contributed by atoms with E-state index in [1.54, 1.807) is 6.08 Å². The molecule has 0 aliphatic carbocycles. The van der Waals surface area contributed by atoms with Gasteiger partial charge in [0.2, 0.25) is 0 Å². The number of carbonyl (C=O) groups is 2. The number of amides is 1. The van der Waals surface area contributed by atoms with E-state index >= 15 is 0 Å². The molecule has 1 heterocycles. The molecule has 0 unspecified atom stereocenters. The van der Waals surface area contributed by atoms with E-state index < -0.39 is 6.09 Å². The molecule has 0 saturated carbocycles. The average Bonchev–Trinajstić information content (AvgIpc) is 1.84. The highest BCUT2D eigenvalue weighted by molar-refractivity contribution is 5.67. The van der Waals surface area contributed by atoms with E-state index in [1.165, 1.54) is 11.0 Å². The second-order valence-corrected chi connectivity index (χ2v) is 2.47. The smallest absolute Gasteiger partial charge is 0.407 e. The largest absolute Gasteiger partial charge is 0.465 e. The van der Waals surface area contributed by atoms with Crippen LogP contribution in [0.25, 0.3) is 0 Å². The van der Waals surface area contributed by atoms with E-state index in [-0.39, 0.29) is 5.92 Å². The van der Waals surface area contributed by atoms with E-state index in [9.17, 15) is 9.59 Å². The van der Waals surface area contributed by atoms with E-state index in [0.29, 0.717) is 19.4 Å². The third kappa shape index (κ3) is 1.80. The summed E-state index contributed by atoms with van der Waals surface area (Å²) in [5, 5.41) is 8.41. The highest BCUT2D eigenvalue weighted by atomic mass is 16.4. The Hall–Kier alpha value is -1.32. The van der Waals surface area contributed by atoms with Crippen LogP contribution in [0, 0.1) is 5.92 Å². The van der Waals surface area contributed by atoms with Gasteiger partial charge in [0.1, 0.15) is 6.29 Å². The van der Waals surface area contributed by atoms with Gasteiger partial charge in [0.25, 0.3) is 0 Å². The summed E-state index contributed by atoms with van der Waals surface area (Å²) < 4.78 is 0. The molecule has 0 atom stereocenters. The van der Waals surface area contributed by atoms with Crippen LogP contribution in [0.4, 0.5) is 4.79 Å². The van der Waals surface area contributed by atoms with Crippen molar-refractivity contribution in [3.05, 3.63) is 12.2 Å². The van der Waals surface area contributed by atoms with Gasteiger partial charge >= 0.3 is 6.09 Å². The van der Waals surface area contributed by atoms with Crippen molar-refractivity contribution in [2.45, 2.75) is 0 Å². The van der Waals surface area contributed by atoms with E-state index in [1.807, 2.05) is 0 Å². The van der Waals surface area contributed by atoms with Crippen LogP contribution in [0.1, 0.15) is 0 Å². The Balaban J connectivity index is 2.24. The summed E-state index contributed by atoms with van der Waals surface area (Å²) in [4.78, 5) is 21.4. The molecule has 0 spiro atoms. The van der Waals surface area contributed by atoms with Gasteiger partial charge in [0.15, 0.2) is 0 Å². The first-order chi connectivity index (χ1) is 5.24. The molecule has 1 rings (SSSR count). The van der Waals surface area contributed by atoms with Crippen molar-refractivity contribution in [3.8, 4) is 0 Å². The molecule has 1 aliphatic heterocycles. The fourth-order valence-electron chi connectivity index (χ4n) is 0.993. The van der Waals surface area contributed by atoms with Crippen LogP contribution in [0.5, 0.6) is 0 Å². The standard InChI is InChI=1S/C7H9NO3/c9-3-1-2-6-4-8(5-6)7(10)11/h1-3,6H,4-5H2,(H,10,11). The predicted octanol–water partition coefficient (Wildman–Crippen LogP) is 0.351. The molecule has 0 bridgehead atoms. The first-order valence-electron chi connectivity index (χ1n) is 3.34. The zero-order valence-corrected chi connectivity index (χ0v) is 5.93. The molecule has 60 valence electrons. The number of hydrogen-bond donors (Lipinski definition) is 1. The minimum atomic E-state index is -0.888. The maximum Gasteiger partial charge on any atom is 0.407 e. The normalized spacial score (nSPS) is 18.4. The number of nitrogens with zero attached hydrogens (tertiary/aromatic N) is 1. The van der Waals surface area contributed by atoms with Crippen LogP contribution in [0.3, 0.4) is 0 Å². The molecular weight excluding hydrogens is 146 g/mol. The second-order valence-electron chi connectivity index (χ2n) is 2.47. The monoisotopic (exact) mass is 155 g/mol. The lowest BCUT2D eigenvalue weighted by atomic mass is 10.0. The Morgan fingerprint density at radius 1 is 1.55 bits per heavy atom. The topological polar surface area (TPSA) is 57.6 Å². The van der Waals surface area contributed by atoms with Gasteiger partial charge in [-0.2, -0.15) is 0 Å². The third-order valence-electron chi connectivity index (χ3n) is 1.64. The van der Waals surface area contributed by atoms with Crippen molar-refractivity contribution in [3.63, 3.8) is 0 Å². The van der Waals surface area contributed by atoms with Crippen LogP contribution in [0.2, 0.25) is 0 Å². The number of carbonyl (C=O) groups excluding carboxylic acids is 1. The summed E-state index contributed by atoms with van der Waals surface area (Å²) >= 11 is 0. The van der Waals surface area contributed by atoms with Crippen LogP contribution >= 0.6 is 0 Å². The Kier molecular flexibility index (Phi) is 2.25. The Labute approximate surface area is 64.1 Å². The van der Waals surface area contributed by atoms with Crippen LogP contribution < -0.4 is 0 Å². The summed E-state index contributed by atoms with van der Waals surface area (Å²) in [7, 11) is 0. The van der Waals surface area contributed by atoms with Gasteiger partial charge in [-0.25, -0.2) is 4.79 Å². The quantitative estimate of drug-likeness (QED) is 0.462. The van der Waals surface area contributed by atoms with Gasteiger partial charge in [0.05, 0.1) is 0 Å². The maximum absolute atomic E-state index is 10.2. The Bertz CT molecular complexity index is 194. The molecule has 1 saturated heterocycles. The molecule has 4 heteroatoms. The maximum atomic E-state index is 10.2. The summed E-state index contributed by atoms with van der Waals surface area (Å²) in [6, 6.07) is 0. The lowest BCUT2D eigenvalue weighted by Crippen LogP contribution is -2.48. The molecule has 0 radical (unpaired) electrons. The first kappa shape index (κ1) is 7.78. The van der Waals surface area contributed by atoms with Crippen molar-refractivity contribution in [1.82, 2.24) is 4.90 Å². The fraction of sp³-hybridized carbons (Fsp3) is 0.429. The average molecular weight is 155 g/mol. The van der Waals surface area contributed by atoms with Crippen molar-refractivity contribution in [1.29, 1.82) is 0 Å². The van der Waals surface area contributed by atoms with Gasteiger partial charge in [-0.1, -0.05) is 6.08 Å². The second kappa shape index (κ2) is 3.18. The number of likely N-dealkylation sites (tertiary alicyclic amines) is 1. The zero-order chi connectivity index (χ0) is 8.27. The number of aldehydes is 1. The van der Waals surface area contributed by atoms with E-state index in [4.69, 9.17) is 5.11 Å². The SMILES string of the molecule is O=CC=CC1CN(C(=O)O)C1. The molecule has 1 fully saturated rings. The highest BCUT2D eigenvalue weighted by Crippen LogP contribution is 2.15. The number of carboxylic acid groups (broad SMARTS) is 1. The molecule has 0 aromatic heterocycles.